The molecular weight excluding hydrogens is 189 g/mol. The summed E-state index contributed by atoms with van der Waals surface area (Å²) in [6.07, 6.45) is 0. The zero-order valence-electron chi connectivity index (χ0n) is 6.24. The Labute approximate surface area is 78.4 Å². The summed E-state index contributed by atoms with van der Waals surface area (Å²) in [7, 11) is 1.53. The van der Waals surface area contributed by atoms with Crippen molar-refractivity contribution in [3.05, 3.63) is 0 Å². The third-order valence-corrected chi connectivity index (χ3v) is 1.31. The van der Waals surface area contributed by atoms with Gasteiger partial charge in [0.1, 0.15) is 7.11 Å². The normalized spacial score (nSPS) is 25.6. The van der Waals surface area contributed by atoms with E-state index in [1.54, 1.807) is 0 Å². The van der Waals surface area contributed by atoms with Crippen molar-refractivity contribution in [2.24, 2.45) is 10.9 Å². The molecule has 0 bridgehead atoms. The van der Waals surface area contributed by atoms with Crippen LogP contribution in [0.3, 0.4) is 0 Å². The van der Waals surface area contributed by atoms with Crippen molar-refractivity contribution in [1.82, 2.24) is 5.32 Å². The summed E-state index contributed by atoms with van der Waals surface area (Å²) in [6.45, 7) is 1.57. The third kappa shape index (κ3) is 3.76. The van der Waals surface area contributed by atoms with Gasteiger partial charge >= 0.3 is 0 Å². The quantitative estimate of drug-likeness (QED) is 0.577. The molecule has 4 nitrogen and oxygen atoms in total. The van der Waals surface area contributed by atoms with Crippen LogP contribution in [0.1, 0.15) is 0 Å². The van der Waals surface area contributed by atoms with E-state index in [1.165, 1.54) is 7.11 Å². The molecule has 1 fully saturated rings. The lowest BCUT2D eigenvalue weighted by molar-refractivity contribution is 0.212. The summed E-state index contributed by atoms with van der Waals surface area (Å²) >= 11 is 0. The molecule has 1 rings (SSSR count). The van der Waals surface area contributed by atoms with E-state index in [0.717, 1.165) is 18.8 Å². The zero-order valence-corrected chi connectivity index (χ0v) is 7.87. The minimum atomic E-state index is 0. The molecule has 0 radical (unpaired) electrons. The fourth-order valence-electron chi connectivity index (χ4n) is 0.822. The molecule has 1 saturated heterocycles. The van der Waals surface area contributed by atoms with Crippen molar-refractivity contribution in [3.8, 4) is 0 Å². The highest BCUT2D eigenvalue weighted by atomic mass is 35.5. The average Bonchev–Trinajstić information content (AvgIpc) is 2.18. The first kappa shape index (κ1) is 13.6. The maximum Gasteiger partial charge on any atom is 0.106 e. The molecule has 6 heteroatoms. The van der Waals surface area contributed by atoms with Gasteiger partial charge in [0.15, 0.2) is 0 Å². The Morgan fingerprint density at radius 1 is 1.64 bits per heavy atom. The van der Waals surface area contributed by atoms with E-state index in [4.69, 9.17) is 5.73 Å². The second kappa shape index (κ2) is 6.67. The number of hydrogen-bond donors (Lipinski definition) is 2. The van der Waals surface area contributed by atoms with E-state index in [-0.39, 0.29) is 30.9 Å². The smallest absolute Gasteiger partial charge is 0.106 e. The molecule has 1 atom stereocenters. The predicted molar refractivity (Wildman–Crippen MR) is 49.8 cm³/mol. The molecule has 68 valence electrons. The minimum Gasteiger partial charge on any atom is -0.399 e. The molecule has 0 amide bonds. The first-order chi connectivity index (χ1) is 4.34. The predicted octanol–water partition coefficient (Wildman–Crippen LogP) is -0.237. The molecule has 0 aromatic rings. The van der Waals surface area contributed by atoms with Gasteiger partial charge in [-0.15, -0.1) is 24.8 Å². The lowest BCUT2D eigenvalue weighted by Gasteiger charge is -1.98. The van der Waals surface area contributed by atoms with Gasteiger partial charge in [0, 0.05) is 13.1 Å². The standard InChI is InChI=1S/C5H11N3O.2ClH/c1-9-8-5-3-7-2-4(5)6;;/h4,7H,2-3,6H2,1H3;2*1H. The first-order valence-corrected chi connectivity index (χ1v) is 2.91. The molecular formula is C5H13Cl2N3O. The molecule has 0 aliphatic carbocycles. The second-order valence-electron chi connectivity index (χ2n) is 2.00. The summed E-state index contributed by atoms with van der Waals surface area (Å²) in [4.78, 5) is 4.56. The average molecular weight is 202 g/mol. The number of nitrogens with one attached hydrogen (secondary N) is 1. The molecule has 0 saturated carbocycles. The van der Waals surface area contributed by atoms with Gasteiger partial charge in [0.05, 0.1) is 11.8 Å². The van der Waals surface area contributed by atoms with Crippen molar-refractivity contribution in [2.45, 2.75) is 6.04 Å². The van der Waals surface area contributed by atoms with E-state index in [2.05, 4.69) is 15.3 Å². The number of nitrogens with two attached hydrogens (primary N) is 1. The SMILES string of the molecule is CON=C1CNCC1N.Cl.Cl. The van der Waals surface area contributed by atoms with Crippen molar-refractivity contribution in [1.29, 1.82) is 0 Å². The van der Waals surface area contributed by atoms with Gasteiger partial charge in [-0.1, -0.05) is 5.16 Å². The number of nitrogens with zero attached hydrogens (tertiary/aromatic N) is 1. The summed E-state index contributed by atoms with van der Waals surface area (Å²) in [5.41, 5.74) is 6.49. The largest absolute Gasteiger partial charge is 0.399 e. The molecule has 0 aromatic carbocycles. The molecule has 1 unspecified atom stereocenters. The van der Waals surface area contributed by atoms with Gasteiger partial charge in [-0.2, -0.15) is 0 Å². The molecule has 3 N–H and O–H groups in total. The Balaban J connectivity index is 0. The van der Waals surface area contributed by atoms with E-state index < -0.39 is 0 Å². The van der Waals surface area contributed by atoms with Crippen LogP contribution in [0.15, 0.2) is 5.16 Å². The highest BCUT2D eigenvalue weighted by molar-refractivity contribution is 5.92. The van der Waals surface area contributed by atoms with Gasteiger partial charge < -0.3 is 15.9 Å². The van der Waals surface area contributed by atoms with Crippen LogP contribution in [0.5, 0.6) is 0 Å². The van der Waals surface area contributed by atoms with E-state index in [9.17, 15) is 0 Å². The van der Waals surface area contributed by atoms with Gasteiger partial charge in [0.2, 0.25) is 0 Å². The summed E-state index contributed by atoms with van der Waals surface area (Å²) < 4.78 is 0. The van der Waals surface area contributed by atoms with Crippen LogP contribution in [-0.4, -0.2) is 32.0 Å². The molecule has 1 heterocycles. The number of halogens is 2. The van der Waals surface area contributed by atoms with Gasteiger partial charge in [-0.3, -0.25) is 0 Å². The molecule has 0 spiro atoms. The Morgan fingerprint density at radius 3 is 2.64 bits per heavy atom. The van der Waals surface area contributed by atoms with Crippen LogP contribution >= 0.6 is 24.8 Å². The lowest BCUT2D eigenvalue weighted by Crippen LogP contribution is -2.29. The Kier molecular flexibility index (Phi) is 8.21. The van der Waals surface area contributed by atoms with Crippen molar-refractivity contribution in [3.63, 3.8) is 0 Å². The van der Waals surface area contributed by atoms with Crippen molar-refractivity contribution in [2.75, 3.05) is 20.2 Å². The fraction of sp³-hybridized carbons (Fsp3) is 0.800. The topological polar surface area (TPSA) is 59.6 Å². The van der Waals surface area contributed by atoms with Crippen LogP contribution in [0, 0.1) is 0 Å². The Bertz CT molecular complexity index is 131. The summed E-state index contributed by atoms with van der Waals surface area (Å²) in [5, 5.41) is 6.80. The summed E-state index contributed by atoms with van der Waals surface area (Å²) in [6, 6.07) is 0.0462. The highest BCUT2D eigenvalue weighted by Gasteiger charge is 2.17. The lowest BCUT2D eigenvalue weighted by atomic mass is 10.2. The van der Waals surface area contributed by atoms with Crippen molar-refractivity contribution < 1.29 is 4.84 Å². The Hall–Kier alpha value is -0.0300. The maximum atomic E-state index is 5.59. The Morgan fingerprint density at radius 2 is 2.27 bits per heavy atom. The van der Waals surface area contributed by atoms with E-state index >= 15 is 0 Å². The monoisotopic (exact) mass is 201 g/mol. The number of rotatable bonds is 1. The van der Waals surface area contributed by atoms with Crippen LogP contribution in [0.4, 0.5) is 0 Å². The van der Waals surface area contributed by atoms with Crippen molar-refractivity contribution >= 4 is 30.5 Å². The fourth-order valence-corrected chi connectivity index (χ4v) is 0.822. The molecule has 0 aromatic heterocycles. The van der Waals surface area contributed by atoms with E-state index in [1.807, 2.05) is 0 Å². The number of oxime groups is 1. The number of hydrogen-bond acceptors (Lipinski definition) is 4. The summed E-state index contributed by atoms with van der Waals surface area (Å²) in [5.74, 6) is 0. The molecule has 1 aliphatic rings. The molecule has 11 heavy (non-hydrogen) atoms. The maximum absolute atomic E-state index is 5.59. The highest BCUT2D eigenvalue weighted by Crippen LogP contribution is 1.91. The van der Waals surface area contributed by atoms with Crippen LogP contribution in [0.25, 0.3) is 0 Å². The van der Waals surface area contributed by atoms with Crippen LogP contribution < -0.4 is 11.1 Å². The van der Waals surface area contributed by atoms with Crippen LogP contribution in [-0.2, 0) is 4.84 Å². The van der Waals surface area contributed by atoms with Gasteiger partial charge in [0.25, 0.3) is 0 Å². The van der Waals surface area contributed by atoms with Crippen LogP contribution in [0.2, 0.25) is 0 Å². The van der Waals surface area contributed by atoms with Gasteiger partial charge in [-0.25, -0.2) is 0 Å². The third-order valence-electron chi connectivity index (χ3n) is 1.31. The van der Waals surface area contributed by atoms with E-state index in [0.29, 0.717) is 0 Å². The second-order valence-corrected chi connectivity index (χ2v) is 2.00. The minimum absolute atomic E-state index is 0. The van der Waals surface area contributed by atoms with Gasteiger partial charge in [-0.05, 0) is 0 Å². The first-order valence-electron chi connectivity index (χ1n) is 2.91. The zero-order chi connectivity index (χ0) is 6.69. The molecule has 1 aliphatic heterocycles.